The second-order valence-electron chi connectivity index (χ2n) is 6.19. The number of rotatable bonds is 3. The third-order valence-corrected chi connectivity index (χ3v) is 5.08. The Hall–Kier alpha value is -1.22. The molecule has 2 unspecified atom stereocenters. The van der Waals surface area contributed by atoms with E-state index in [1.807, 2.05) is 0 Å². The van der Waals surface area contributed by atoms with Gasteiger partial charge in [0, 0.05) is 11.0 Å². The van der Waals surface area contributed by atoms with Crippen LogP contribution in [-0.2, 0) is 4.79 Å². The lowest BCUT2D eigenvalue weighted by Gasteiger charge is -2.59. The number of carboxylic acid groups (broad SMARTS) is 1. The smallest absolute Gasteiger partial charge is 0.303 e. The molecule has 0 aliphatic heterocycles. The quantitative estimate of drug-likeness (QED) is 0.463. The number of hydrogen-bond donors (Lipinski definition) is 1. The van der Waals surface area contributed by atoms with Gasteiger partial charge in [-0.05, 0) is 60.8 Å². The largest absolute Gasteiger partial charge is 0.481 e. The first-order chi connectivity index (χ1) is 8.13. The van der Waals surface area contributed by atoms with Gasteiger partial charge in [0.2, 0.25) is 0 Å². The number of hydrogen-bond acceptors (Lipinski definition) is 2. The molecule has 0 radical (unpaired) electrons. The van der Waals surface area contributed by atoms with Crippen molar-refractivity contribution in [2.75, 3.05) is 0 Å². The second-order valence-corrected chi connectivity index (χ2v) is 6.19. The molecule has 4 bridgehead atoms. The van der Waals surface area contributed by atoms with Gasteiger partial charge in [0.1, 0.15) is 0 Å². The predicted octanol–water partition coefficient (Wildman–Crippen LogP) is 2.97. The van der Waals surface area contributed by atoms with Gasteiger partial charge in [-0.15, -0.1) is 0 Å². The highest BCUT2D eigenvalue weighted by atomic mass is 16.4. The van der Waals surface area contributed by atoms with Crippen LogP contribution in [0.15, 0.2) is 5.11 Å². The lowest BCUT2D eigenvalue weighted by atomic mass is 9.46. The summed E-state index contributed by atoms with van der Waals surface area (Å²) >= 11 is 0. The Morgan fingerprint density at radius 2 is 2.00 bits per heavy atom. The predicted molar refractivity (Wildman–Crippen MR) is 61.2 cm³/mol. The van der Waals surface area contributed by atoms with E-state index in [2.05, 4.69) is 10.0 Å². The van der Waals surface area contributed by atoms with Crippen molar-refractivity contribution in [2.45, 2.75) is 44.6 Å². The molecule has 0 aromatic heterocycles. The van der Waals surface area contributed by atoms with Crippen LogP contribution in [0.3, 0.4) is 0 Å². The van der Waals surface area contributed by atoms with E-state index in [-0.39, 0.29) is 17.9 Å². The van der Waals surface area contributed by atoms with E-state index < -0.39 is 5.97 Å². The highest BCUT2D eigenvalue weighted by Crippen LogP contribution is 2.62. The number of carbonyl (C=O) groups is 1. The van der Waals surface area contributed by atoms with Crippen molar-refractivity contribution in [3.05, 3.63) is 10.4 Å². The molecule has 0 saturated heterocycles. The molecule has 0 aromatic rings. The molecule has 1 N–H and O–H groups in total. The first kappa shape index (κ1) is 10.9. The molecule has 92 valence electrons. The second kappa shape index (κ2) is 3.64. The fourth-order valence-corrected chi connectivity index (χ4v) is 5.00. The molecule has 17 heavy (non-hydrogen) atoms. The number of carboxylic acids is 1. The maximum Gasteiger partial charge on any atom is 0.303 e. The third-order valence-electron chi connectivity index (χ3n) is 5.08. The molecule has 4 saturated carbocycles. The van der Waals surface area contributed by atoms with Crippen LogP contribution in [0.5, 0.6) is 0 Å². The summed E-state index contributed by atoms with van der Waals surface area (Å²) in [6.07, 6.45) is 5.64. The van der Waals surface area contributed by atoms with Gasteiger partial charge >= 0.3 is 5.97 Å². The summed E-state index contributed by atoms with van der Waals surface area (Å²) < 4.78 is 0. The van der Waals surface area contributed by atoms with Crippen LogP contribution >= 0.6 is 0 Å². The molecular weight excluding hydrogens is 218 g/mol. The summed E-state index contributed by atoms with van der Waals surface area (Å²) in [4.78, 5) is 14.1. The van der Waals surface area contributed by atoms with E-state index in [9.17, 15) is 4.79 Å². The van der Waals surface area contributed by atoms with Crippen LogP contribution in [0.1, 0.15) is 38.5 Å². The van der Waals surface area contributed by atoms with Gasteiger partial charge in [-0.25, -0.2) is 0 Å². The van der Waals surface area contributed by atoms with Crippen molar-refractivity contribution in [3.63, 3.8) is 0 Å². The minimum atomic E-state index is -0.745. The average Bonchev–Trinajstić information content (AvgIpc) is 2.21. The zero-order valence-electron chi connectivity index (χ0n) is 9.75. The van der Waals surface area contributed by atoms with Crippen LogP contribution < -0.4 is 0 Å². The Labute approximate surface area is 99.8 Å². The fourth-order valence-electron chi connectivity index (χ4n) is 5.00. The van der Waals surface area contributed by atoms with Crippen LogP contribution in [0, 0.1) is 23.2 Å². The lowest BCUT2D eigenvalue weighted by Crippen LogP contribution is -2.55. The SMILES string of the molecule is [N-]=[N+]=N[C@H]1C2CC3CC(C2)CC1(CC(=O)O)C3. The van der Waals surface area contributed by atoms with Gasteiger partial charge in [0.05, 0.1) is 6.42 Å². The molecule has 0 amide bonds. The van der Waals surface area contributed by atoms with E-state index in [4.69, 9.17) is 10.6 Å². The number of azide groups is 1. The molecule has 0 aromatic carbocycles. The van der Waals surface area contributed by atoms with Crippen molar-refractivity contribution in [2.24, 2.45) is 28.3 Å². The molecule has 5 heteroatoms. The van der Waals surface area contributed by atoms with Crippen LogP contribution in [0.4, 0.5) is 0 Å². The van der Waals surface area contributed by atoms with Gasteiger partial charge in [-0.3, -0.25) is 4.79 Å². The highest BCUT2D eigenvalue weighted by Gasteiger charge is 2.57. The van der Waals surface area contributed by atoms with Gasteiger partial charge in [0.25, 0.3) is 0 Å². The van der Waals surface area contributed by atoms with E-state index >= 15 is 0 Å². The Kier molecular flexibility index (Phi) is 2.33. The molecule has 4 rings (SSSR count). The molecule has 0 spiro atoms. The fraction of sp³-hybridized carbons (Fsp3) is 0.917. The van der Waals surface area contributed by atoms with Crippen LogP contribution in [0.25, 0.3) is 10.4 Å². The minimum absolute atomic E-state index is 0.0728. The van der Waals surface area contributed by atoms with Crippen molar-refractivity contribution < 1.29 is 9.90 Å². The Morgan fingerprint density at radius 1 is 1.35 bits per heavy atom. The monoisotopic (exact) mass is 235 g/mol. The minimum Gasteiger partial charge on any atom is -0.481 e. The molecule has 4 aliphatic rings. The van der Waals surface area contributed by atoms with E-state index in [0.29, 0.717) is 17.8 Å². The highest BCUT2D eigenvalue weighted by molar-refractivity contribution is 5.68. The Bertz CT molecular complexity index is 389. The van der Waals surface area contributed by atoms with Crippen molar-refractivity contribution in [3.8, 4) is 0 Å². The summed E-state index contributed by atoms with van der Waals surface area (Å²) in [7, 11) is 0. The van der Waals surface area contributed by atoms with Gasteiger partial charge in [-0.1, -0.05) is 5.11 Å². The van der Waals surface area contributed by atoms with Gasteiger partial charge in [-0.2, -0.15) is 0 Å². The maximum atomic E-state index is 11.1. The summed E-state index contributed by atoms with van der Waals surface area (Å²) in [5.41, 5.74) is 8.48. The van der Waals surface area contributed by atoms with Crippen molar-refractivity contribution in [1.29, 1.82) is 0 Å². The zero-order chi connectivity index (χ0) is 12.0. The molecule has 4 aliphatic carbocycles. The first-order valence-corrected chi connectivity index (χ1v) is 6.39. The van der Waals surface area contributed by atoms with Crippen molar-refractivity contribution in [1.82, 2.24) is 0 Å². The van der Waals surface area contributed by atoms with Crippen molar-refractivity contribution >= 4 is 5.97 Å². The third kappa shape index (κ3) is 1.61. The average molecular weight is 235 g/mol. The maximum absolute atomic E-state index is 11.1. The zero-order valence-corrected chi connectivity index (χ0v) is 9.75. The number of nitrogens with zero attached hydrogens (tertiary/aromatic N) is 3. The van der Waals surface area contributed by atoms with E-state index in [1.54, 1.807) is 0 Å². The summed E-state index contributed by atoms with van der Waals surface area (Å²) in [5, 5.41) is 13.1. The summed E-state index contributed by atoms with van der Waals surface area (Å²) in [6, 6.07) is -0.0728. The Morgan fingerprint density at radius 3 is 2.53 bits per heavy atom. The topological polar surface area (TPSA) is 86.1 Å². The van der Waals surface area contributed by atoms with Gasteiger partial charge < -0.3 is 5.11 Å². The standard InChI is InChI=1S/C12H17N3O2/c13-15-14-11-9-2-7-1-8(3-9)5-12(11,4-7)6-10(16)17/h7-9,11H,1-6H2,(H,16,17)/t7?,8?,9?,11-,12?/m0/s1. The molecule has 3 atom stereocenters. The summed E-state index contributed by atoms with van der Waals surface area (Å²) in [5.74, 6) is 1.05. The van der Waals surface area contributed by atoms with E-state index in [0.717, 1.165) is 25.7 Å². The van der Waals surface area contributed by atoms with Gasteiger partial charge in [0.15, 0.2) is 0 Å². The lowest BCUT2D eigenvalue weighted by molar-refractivity contribution is -0.147. The molecule has 0 heterocycles. The first-order valence-electron chi connectivity index (χ1n) is 6.39. The van der Waals surface area contributed by atoms with E-state index in [1.165, 1.54) is 6.42 Å². The Balaban J connectivity index is 1.96. The number of aliphatic carboxylic acids is 1. The summed E-state index contributed by atoms with van der Waals surface area (Å²) in [6.45, 7) is 0. The normalized spacial score (nSPS) is 46.6. The van der Waals surface area contributed by atoms with Crippen LogP contribution in [-0.4, -0.2) is 17.1 Å². The molecule has 5 nitrogen and oxygen atoms in total. The van der Waals surface area contributed by atoms with Crippen LogP contribution in [0.2, 0.25) is 0 Å². The molecular formula is C12H17N3O2. The molecule has 4 fully saturated rings.